The zero-order chi connectivity index (χ0) is 16.9. The fraction of sp³-hybridized carbons (Fsp3) is 0.211. The summed E-state index contributed by atoms with van der Waals surface area (Å²) in [6.45, 7) is 4.03. The molecule has 0 bridgehead atoms. The van der Waals surface area contributed by atoms with E-state index in [0.717, 1.165) is 16.8 Å². The van der Waals surface area contributed by atoms with Gasteiger partial charge in [-0.25, -0.2) is 0 Å². The second kappa shape index (κ2) is 7.08. The van der Waals surface area contributed by atoms with Crippen molar-refractivity contribution in [2.45, 2.75) is 20.3 Å². The van der Waals surface area contributed by atoms with Gasteiger partial charge >= 0.3 is 0 Å². The molecule has 1 amide bonds. The van der Waals surface area contributed by atoms with Crippen LogP contribution in [0.3, 0.4) is 0 Å². The maximum absolute atomic E-state index is 11.8. The number of carbonyl (C=O) groups is 1. The first-order valence-corrected chi connectivity index (χ1v) is 7.91. The maximum Gasteiger partial charge on any atom is 0.258 e. The van der Waals surface area contributed by atoms with Crippen molar-refractivity contribution in [3.05, 3.63) is 54.6 Å². The highest BCUT2D eigenvalue weighted by Gasteiger charge is 2.11. The van der Waals surface area contributed by atoms with E-state index in [1.165, 1.54) is 0 Å². The van der Waals surface area contributed by atoms with Crippen molar-refractivity contribution in [1.82, 2.24) is 10.1 Å². The Kier molecular flexibility index (Phi) is 4.70. The third-order valence-electron chi connectivity index (χ3n) is 3.47. The van der Waals surface area contributed by atoms with Gasteiger partial charge in [-0.3, -0.25) is 4.79 Å². The molecule has 0 fully saturated rings. The lowest BCUT2D eigenvalue weighted by molar-refractivity contribution is -0.116. The number of nitrogens with zero attached hydrogens (tertiary/aromatic N) is 2. The predicted molar refractivity (Wildman–Crippen MR) is 93.3 cm³/mol. The molecule has 1 aromatic heterocycles. The maximum atomic E-state index is 11.8. The monoisotopic (exact) mass is 321 g/mol. The van der Waals surface area contributed by atoms with Crippen LogP contribution in [0, 0.1) is 5.92 Å². The summed E-state index contributed by atoms with van der Waals surface area (Å²) >= 11 is 0. The Morgan fingerprint density at radius 3 is 2.42 bits per heavy atom. The second-order valence-corrected chi connectivity index (χ2v) is 6.01. The van der Waals surface area contributed by atoms with Crippen molar-refractivity contribution >= 4 is 11.6 Å². The van der Waals surface area contributed by atoms with Crippen molar-refractivity contribution in [3.63, 3.8) is 0 Å². The molecule has 1 N–H and O–H groups in total. The minimum atomic E-state index is 0.0157. The number of benzene rings is 2. The lowest BCUT2D eigenvalue weighted by atomic mass is 10.1. The van der Waals surface area contributed by atoms with Crippen LogP contribution in [0.4, 0.5) is 5.69 Å². The SMILES string of the molecule is CC(C)CC(=O)Nc1ccc(-c2nc(-c3ccccc3)no2)cc1. The molecule has 0 unspecified atom stereocenters. The Balaban J connectivity index is 1.72. The third kappa shape index (κ3) is 3.87. The van der Waals surface area contributed by atoms with E-state index in [9.17, 15) is 4.79 Å². The molecule has 0 saturated heterocycles. The molecule has 0 radical (unpaired) electrons. The van der Waals surface area contributed by atoms with Gasteiger partial charge in [0, 0.05) is 23.2 Å². The van der Waals surface area contributed by atoms with E-state index in [1.807, 2.05) is 68.4 Å². The molecule has 0 aliphatic carbocycles. The molecule has 0 atom stereocenters. The van der Waals surface area contributed by atoms with Gasteiger partial charge in [0.15, 0.2) is 0 Å². The van der Waals surface area contributed by atoms with E-state index >= 15 is 0 Å². The highest BCUT2D eigenvalue weighted by atomic mass is 16.5. The standard InChI is InChI=1S/C19H19N3O2/c1-13(2)12-17(23)20-16-10-8-15(9-11-16)19-21-18(22-24-19)14-6-4-3-5-7-14/h3-11,13H,12H2,1-2H3,(H,20,23). The van der Waals surface area contributed by atoms with E-state index in [0.29, 0.717) is 24.1 Å². The van der Waals surface area contributed by atoms with Crippen molar-refractivity contribution in [2.75, 3.05) is 5.32 Å². The van der Waals surface area contributed by atoms with Crippen LogP contribution in [-0.2, 0) is 4.79 Å². The zero-order valence-electron chi connectivity index (χ0n) is 13.7. The van der Waals surface area contributed by atoms with Gasteiger partial charge < -0.3 is 9.84 Å². The van der Waals surface area contributed by atoms with Gasteiger partial charge in [0.2, 0.25) is 11.7 Å². The van der Waals surface area contributed by atoms with Crippen LogP contribution in [-0.4, -0.2) is 16.0 Å². The zero-order valence-corrected chi connectivity index (χ0v) is 13.7. The van der Waals surface area contributed by atoms with E-state index < -0.39 is 0 Å². The number of nitrogens with one attached hydrogen (secondary N) is 1. The molecule has 5 nitrogen and oxygen atoms in total. The van der Waals surface area contributed by atoms with Crippen molar-refractivity contribution in [3.8, 4) is 22.8 Å². The number of hydrogen-bond acceptors (Lipinski definition) is 4. The molecule has 1 heterocycles. The quantitative estimate of drug-likeness (QED) is 0.757. The number of amides is 1. The molecule has 2 aromatic carbocycles. The first-order chi connectivity index (χ1) is 11.6. The Bertz CT molecular complexity index is 808. The van der Waals surface area contributed by atoms with Crippen LogP contribution in [0.5, 0.6) is 0 Å². The molecular weight excluding hydrogens is 302 g/mol. The van der Waals surface area contributed by atoms with E-state index in [4.69, 9.17) is 4.52 Å². The summed E-state index contributed by atoms with van der Waals surface area (Å²) in [6.07, 6.45) is 0.506. The van der Waals surface area contributed by atoms with E-state index in [-0.39, 0.29) is 5.91 Å². The Morgan fingerprint density at radius 2 is 1.75 bits per heavy atom. The van der Waals surface area contributed by atoms with Gasteiger partial charge in [0.1, 0.15) is 0 Å². The molecule has 24 heavy (non-hydrogen) atoms. The van der Waals surface area contributed by atoms with Crippen LogP contribution in [0.2, 0.25) is 0 Å². The van der Waals surface area contributed by atoms with Crippen molar-refractivity contribution in [2.24, 2.45) is 5.92 Å². The van der Waals surface area contributed by atoms with Crippen LogP contribution in [0.1, 0.15) is 20.3 Å². The highest BCUT2D eigenvalue weighted by Crippen LogP contribution is 2.23. The summed E-state index contributed by atoms with van der Waals surface area (Å²) in [5.41, 5.74) is 2.48. The molecule has 3 aromatic rings. The summed E-state index contributed by atoms with van der Waals surface area (Å²) in [5, 5.41) is 6.89. The van der Waals surface area contributed by atoms with Crippen LogP contribution < -0.4 is 5.32 Å². The fourth-order valence-electron chi connectivity index (χ4n) is 2.32. The molecule has 0 aliphatic rings. The van der Waals surface area contributed by atoms with Gasteiger partial charge in [-0.05, 0) is 30.2 Å². The largest absolute Gasteiger partial charge is 0.334 e. The highest BCUT2D eigenvalue weighted by molar-refractivity contribution is 5.91. The van der Waals surface area contributed by atoms with Crippen molar-refractivity contribution in [1.29, 1.82) is 0 Å². The molecular formula is C19H19N3O2. The van der Waals surface area contributed by atoms with Crippen LogP contribution >= 0.6 is 0 Å². The Morgan fingerprint density at radius 1 is 1.04 bits per heavy atom. The summed E-state index contributed by atoms with van der Waals surface area (Å²) in [5.74, 6) is 1.36. The van der Waals surface area contributed by atoms with Crippen LogP contribution in [0.15, 0.2) is 59.1 Å². The Labute approximate surface area is 140 Å². The average Bonchev–Trinajstić information content (AvgIpc) is 3.05. The molecule has 5 heteroatoms. The summed E-state index contributed by atoms with van der Waals surface area (Å²) in [4.78, 5) is 16.2. The molecule has 0 spiro atoms. The summed E-state index contributed by atoms with van der Waals surface area (Å²) in [6, 6.07) is 17.0. The van der Waals surface area contributed by atoms with Gasteiger partial charge in [0.05, 0.1) is 0 Å². The fourth-order valence-corrected chi connectivity index (χ4v) is 2.32. The lowest BCUT2D eigenvalue weighted by Gasteiger charge is -2.07. The molecule has 0 saturated carbocycles. The molecule has 0 aliphatic heterocycles. The smallest absolute Gasteiger partial charge is 0.258 e. The number of carbonyl (C=O) groups excluding carboxylic acids is 1. The Hall–Kier alpha value is -2.95. The number of aromatic nitrogens is 2. The third-order valence-corrected chi connectivity index (χ3v) is 3.47. The van der Waals surface area contributed by atoms with Crippen LogP contribution in [0.25, 0.3) is 22.8 Å². The summed E-state index contributed by atoms with van der Waals surface area (Å²) < 4.78 is 5.33. The first kappa shape index (κ1) is 15.9. The van der Waals surface area contributed by atoms with Gasteiger partial charge in [-0.1, -0.05) is 49.3 Å². The van der Waals surface area contributed by atoms with E-state index in [1.54, 1.807) is 0 Å². The number of hydrogen-bond donors (Lipinski definition) is 1. The van der Waals surface area contributed by atoms with E-state index in [2.05, 4.69) is 15.5 Å². The van der Waals surface area contributed by atoms with Gasteiger partial charge in [0.25, 0.3) is 5.89 Å². The predicted octanol–water partition coefficient (Wildman–Crippen LogP) is 4.39. The normalized spacial score (nSPS) is 10.8. The topological polar surface area (TPSA) is 68.0 Å². The first-order valence-electron chi connectivity index (χ1n) is 7.91. The minimum absolute atomic E-state index is 0.0157. The lowest BCUT2D eigenvalue weighted by Crippen LogP contribution is -2.13. The number of anilines is 1. The second-order valence-electron chi connectivity index (χ2n) is 6.01. The van der Waals surface area contributed by atoms with Gasteiger partial charge in [-0.2, -0.15) is 4.98 Å². The molecule has 122 valence electrons. The summed E-state index contributed by atoms with van der Waals surface area (Å²) in [7, 11) is 0. The average molecular weight is 321 g/mol. The van der Waals surface area contributed by atoms with Crippen molar-refractivity contribution < 1.29 is 9.32 Å². The van der Waals surface area contributed by atoms with Gasteiger partial charge in [-0.15, -0.1) is 0 Å². The molecule has 3 rings (SSSR count). The minimum Gasteiger partial charge on any atom is -0.334 e. The number of rotatable bonds is 5.